The van der Waals surface area contributed by atoms with Gasteiger partial charge in [-0.25, -0.2) is 0 Å². The number of nitrogens with one attached hydrogen (secondary N) is 1. The first-order chi connectivity index (χ1) is 6.59. The van der Waals surface area contributed by atoms with Crippen molar-refractivity contribution in [3.63, 3.8) is 0 Å². The molecule has 1 aromatic rings. The molecule has 0 spiro atoms. The number of hydrogen-bond donors (Lipinski definition) is 4. The maximum atomic E-state index is 9.36. The van der Waals surface area contributed by atoms with Crippen LogP contribution in [0.15, 0.2) is 23.3 Å². The molecule has 0 aliphatic rings. The summed E-state index contributed by atoms with van der Waals surface area (Å²) < 4.78 is 0. The highest BCUT2D eigenvalue weighted by atomic mass is 32.1. The topological polar surface area (TPSA) is 96.7 Å². The van der Waals surface area contributed by atoms with E-state index in [1.165, 1.54) is 12.3 Å². The molecule has 0 radical (unpaired) electrons. The quantitative estimate of drug-likeness (QED) is 0.183. The minimum atomic E-state index is 0.0599. The minimum Gasteiger partial charge on any atom is -0.507 e. The third-order valence-corrected chi connectivity index (χ3v) is 1.52. The van der Waals surface area contributed by atoms with E-state index >= 15 is 0 Å². The predicted octanol–water partition coefficient (Wildman–Crippen LogP) is 0.141. The average molecular weight is 210 g/mol. The molecule has 0 fully saturated rings. The largest absolute Gasteiger partial charge is 0.507 e. The van der Waals surface area contributed by atoms with Gasteiger partial charge in [-0.15, -0.1) is 0 Å². The van der Waals surface area contributed by atoms with Crippen molar-refractivity contribution in [2.45, 2.75) is 0 Å². The summed E-state index contributed by atoms with van der Waals surface area (Å²) in [5.41, 5.74) is 14.1. The number of benzene rings is 1. The van der Waals surface area contributed by atoms with E-state index in [-0.39, 0.29) is 10.9 Å². The smallest absolute Gasteiger partial charge is 0.184 e. The number of rotatable bonds is 2. The van der Waals surface area contributed by atoms with Gasteiger partial charge in [0.25, 0.3) is 0 Å². The van der Waals surface area contributed by atoms with Gasteiger partial charge in [0.05, 0.1) is 6.21 Å². The molecular weight excluding hydrogens is 200 g/mol. The van der Waals surface area contributed by atoms with Crippen LogP contribution >= 0.6 is 12.2 Å². The van der Waals surface area contributed by atoms with Crippen molar-refractivity contribution >= 4 is 29.2 Å². The highest BCUT2D eigenvalue weighted by Gasteiger charge is 1.97. The van der Waals surface area contributed by atoms with Gasteiger partial charge in [-0.2, -0.15) is 5.10 Å². The Morgan fingerprint density at radius 1 is 1.57 bits per heavy atom. The molecule has 74 valence electrons. The fraction of sp³-hybridized carbons (Fsp3) is 0. The zero-order chi connectivity index (χ0) is 10.6. The number of nitrogen functional groups attached to an aromatic ring is 1. The first-order valence-electron chi connectivity index (χ1n) is 3.76. The van der Waals surface area contributed by atoms with Crippen LogP contribution in [0, 0.1) is 0 Å². The first-order valence-corrected chi connectivity index (χ1v) is 4.17. The number of phenolic OH excluding ortho intramolecular Hbond substituents is 1. The van der Waals surface area contributed by atoms with Gasteiger partial charge in [-0.1, -0.05) is 0 Å². The molecule has 0 unspecified atom stereocenters. The average Bonchev–Trinajstić information content (AvgIpc) is 2.10. The van der Waals surface area contributed by atoms with Crippen molar-refractivity contribution in [2.24, 2.45) is 10.8 Å². The van der Waals surface area contributed by atoms with E-state index < -0.39 is 0 Å². The molecule has 0 aliphatic carbocycles. The molecule has 1 aromatic carbocycles. The van der Waals surface area contributed by atoms with Crippen LogP contribution in [0.25, 0.3) is 0 Å². The highest BCUT2D eigenvalue weighted by molar-refractivity contribution is 7.80. The summed E-state index contributed by atoms with van der Waals surface area (Å²) in [5, 5.41) is 13.1. The number of nitrogens with two attached hydrogens (primary N) is 2. The lowest BCUT2D eigenvalue weighted by Crippen LogP contribution is -2.23. The van der Waals surface area contributed by atoms with Gasteiger partial charge in [-0.05, 0) is 30.4 Å². The van der Waals surface area contributed by atoms with Gasteiger partial charge in [0.2, 0.25) is 0 Å². The molecule has 0 amide bonds. The van der Waals surface area contributed by atoms with E-state index in [0.29, 0.717) is 11.3 Å². The number of anilines is 1. The van der Waals surface area contributed by atoms with Crippen molar-refractivity contribution in [3.05, 3.63) is 23.8 Å². The van der Waals surface area contributed by atoms with E-state index in [1.807, 2.05) is 0 Å². The van der Waals surface area contributed by atoms with E-state index in [1.54, 1.807) is 12.1 Å². The third-order valence-electron chi connectivity index (χ3n) is 1.43. The van der Waals surface area contributed by atoms with Gasteiger partial charge >= 0.3 is 0 Å². The van der Waals surface area contributed by atoms with Crippen LogP contribution in [0.2, 0.25) is 0 Å². The van der Waals surface area contributed by atoms with Gasteiger partial charge in [0.15, 0.2) is 5.11 Å². The molecule has 14 heavy (non-hydrogen) atoms. The molecular formula is C8H10N4OS. The van der Waals surface area contributed by atoms with Gasteiger partial charge < -0.3 is 16.6 Å². The number of thiocarbonyl (C=S) groups is 1. The molecule has 0 aliphatic heterocycles. The van der Waals surface area contributed by atoms with E-state index in [2.05, 4.69) is 22.7 Å². The van der Waals surface area contributed by atoms with Crippen LogP contribution in [-0.4, -0.2) is 16.4 Å². The van der Waals surface area contributed by atoms with Crippen molar-refractivity contribution in [1.82, 2.24) is 5.43 Å². The van der Waals surface area contributed by atoms with Crippen molar-refractivity contribution in [3.8, 4) is 5.75 Å². The van der Waals surface area contributed by atoms with Gasteiger partial charge in [0, 0.05) is 11.3 Å². The number of hydrogen-bond acceptors (Lipinski definition) is 4. The normalized spacial score (nSPS) is 10.3. The van der Waals surface area contributed by atoms with Crippen LogP contribution in [-0.2, 0) is 0 Å². The maximum absolute atomic E-state index is 9.36. The second kappa shape index (κ2) is 4.43. The summed E-state index contributed by atoms with van der Waals surface area (Å²) in [7, 11) is 0. The maximum Gasteiger partial charge on any atom is 0.184 e. The second-order valence-corrected chi connectivity index (χ2v) is 2.99. The van der Waals surface area contributed by atoms with Crippen LogP contribution in [0.3, 0.4) is 0 Å². The molecule has 0 atom stereocenters. The second-order valence-electron chi connectivity index (χ2n) is 2.55. The van der Waals surface area contributed by atoms with Crippen LogP contribution in [0.5, 0.6) is 5.75 Å². The Labute approximate surface area is 86.4 Å². The van der Waals surface area contributed by atoms with Gasteiger partial charge in [-0.3, -0.25) is 5.43 Å². The molecule has 0 saturated heterocycles. The summed E-state index contributed by atoms with van der Waals surface area (Å²) in [6, 6.07) is 4.66. The Morgan fingerprint density at radius 2 is 2.29 bits per heavy atom. The highest BCUT2D eigenvalue weighted by Crippen LogP contribution is 2.17. The minimum absolute atomic E-state index is 0.0599. The molecule has 5 nitrogen and oxygen atoms in total. The van der Waals surface area contributed by atoms with E-state index in [4.69, 9.17) is 11.5 Å². The Balaban J connectivity index is 2.80. The van der Waals surface area contributed by atoms with E-state index in [0.717, 1.165) is 0 Å². The molecule has 6 N–H and O–H groups in total. The Kier molecular flexibility index (Phi) is 3.24. The summed E-state index contributed by atoms with van der Waals surface area (Å²) >= 11 is 4.54. The fourth-order valence-electron chi connectivity index (χ4n) is 0.842. The molecule has 0 heterocycles. The lowest BCUT2D eigenvalue weighted by Gasteiger charge is -2.00. The number of aromatic hydroxyl groups is 1. The van der Waals surface area contributed by atoms with E-state index in [9.17, 15) is 5.11 Å². The number of hydrazone groups is 1. The molecule has 0 saturated carbocycles. The lowest BCUT2D eigenvalue weighted by molar-refractivity contribution is 0.474. The zero-order valence-corrected chi connectivity index (χ0v) is 8.08. The van der Waals surface area contributed by atoms with Crippen molar-refractivity contribution < 1.29 is 5.11 Å². The van der Waals surface area contributed by atoms with Crippen LogP contribution in [0.4, 0.5) is 5.69 Å². The summed E-state index contributed by atoms with van der Waals surface area (Å²) in [6.07, 6.45) is 1.38. The zero-order valence-electron chi connectivity index (χ0n) is 7.27. The Hall–Kier alpha value is -1.82. The SMILES string of the molecule is NC(=S)NN=Cc1cc(N)ccc1O. The third kappa shape index (κ3) is 2.91. The number of phenols is 1. The predicted molar refractivity (Wildman–Crippen MR) is 60.0 cm³/mol. The first kappa shape index (κ1) is 10.3. The molecule has 0 bridgehead atoms. The lowest BCUT2D eigenvalue weighted by atomic mass is 10.2. The number of nitrogens with zero attached hydrogens (tertiary/aromatic N) is 1. The van der Waals surface area contributed by atoms with Crippen LogP contribution < -0.4 is 16.9 Å². The molecule has 0 aromatic heterocycles. The summed E-state index contributed by atoms with van der Waals surface area (Å²) in [5.74, 6) is 0.0905. The van der Waals surface area contributed by atoms with Crippen LogP contribution in [0.1, 0.15) is 5.56 Å². The summed E-state index contributed by atoms with van der Waals surface area (Å²) in [4.78, 5) is 0. The Morgan fingerprint density at radius 3 is 2.93 bits per heavy atom. The van der Waals surface area contributed by atoms with Crippen molar-refractivity contribution in [2.75, 3.05) is 5.73 Å². The fourth-order valence-corrected chi connectivity index (χ4v) is 0.895. The molecule has 6 heteroatoms. The summed E-state index contributed by atoms with van der Waals surface area (Å²) in [6.45, 7) is 0. The standard InChI is InChI=1S/C8H10N4OS/c9-6-1-2-7(13)5(3-6)4-11-12-8(10)14/h1-4,13H,9H2,(H3,10,12,14). The Bertz CT molecular complexity index is 378. The monoisotopic (exact) mass is 210 g/mol. The van der Waals surface area contributed by atoms with Crippen molar-refractivity contribution in [1.29, 1.82) is 0 Å². The molecule has 1 rings (SSSR count). The van der Waals surface area contributed by atoms with Gasteiger partial charge in [0.1, 0.15) is 5.75 Å².